The molecule has 2 aliphatic rings. The Bertz CT molecular complexity index is 386. The van der Waals surface area contributed by atoms with Gasteiger partial charge in [-0.15, -0.1) is 0 Å². The van der Waals surface area contributed by atoms with E-state index < -0.39 is 0 Å². The quantitative estimate of drug-likeness (QED) is 0.899. The van der Waals surface area contributed by atoms with E-state index in [0.717, 1.165) is 22.7 Å². The summed E-state index contributed by atoms with van der Waals surface area (Å²) in [7, 11) is 0. The molecule has 0 aromatic heterocycles. The average Bonchev–Trinajstić information content (AvgIpc) is 2.94. The third-order valence-electron chi connectivity index (χ3n) is 4.65. The van der Waals surface area contributed by atoms with Crippen LogP contribution in [0.3, 0.4) is 0 Å². The lowest BCUT2D eigenvalue weighted by Gasteiger charge is -2.26. The van der Waals surface area contributed by atoms with Crippen LogP contribution in [-0.4, -0.2) is 11.2 Å². The van der Waals surface area contributed by atoms with Crippen LogP contribution in [0.5, 0.6) is 0 Å². The molecule has 92 valence electrons. The third kappa shape index (κ3) is 2.43. The van der Waals surface area contributed by atoms with Crippen molar-refractivity contribution in [2.75, 3.05) is 0 Å². The molecule has 0 saturated heterocycles. The molecule has 1 aromatic rings. The Balaban J connectivity index is 1.63. The third-order valence-corrected chi connectivity index (χ3v) is 5.17. The van der Waals surface area contributed by atoms with Gasteiger partial charge < -0.3 is 5.11 Å². The van der Waals surface area contributed by atoms with Crippen LogP contribution in [0.15, 0.2) is 28.7 Å². The first-order valence-corrected chi connectivity index (χ1v) is 7.44. The molecule has 1 N–H and O–H groups in total. The highest BCUT2D eigenvalue weighted by Gasteiger charge is 2.42. The summed E-state index contributed by atoms with van der Waals surface area (Å²) in [6, 6.07) is 8.34. The van der Waals surface area contributed by atoms with Crippen molar-refractivity contribution in [3.8, 4) is 0 Å². The van der Waals surface area contributed by atoms with Gasteiger partial charge in [0.15, 0.2) is 0 Å². The fourth-order valence-corrected chi connectivity index (χ4v) is 4.04. The first-order valence-electron chi connectivity index (χ1n) is 6.65. The molecule has 2 aliphatic carbocycles. The number of halogens is 1. The van der Waals surface area contributed by atoms with Gasteiger partial charge >= 0.3 is 0 Å². The maximum atomic E-state index is 10.4. The lowest BCUT2D eigenvalue weighted by atomic mass is 9.82. The largest absolute Gasteiger partial charge is 0.392 e. The highest BCUT2D eigenvalue weighted by molar-refractivity contribution is 9.10. The van der Waals surface area contributed by atoms with E-state index in [1.807, 2.05) is 0 Å². The van der Waals surface area contributed by atoms with Crippen LogP contribution in [0.4, 0.5) is 0 Å². The Hall–Kier alpha value is -0.340. The monoisotopic (exact) mass is 294 g/mol. The second kappa shape index (κ2) is 4.74. The number of hydrogen-bond donors (Lipinski definition) is 1. The van der Waals surface area contributed by atoms with Crippen molar-refractivity contribution in [1.29, 1.82) is 0 Å². The highest BCUT2D eigenvalue weighted by Crippen LogP contribution is 2.49. The minimum absolute atomic E-state index is 0.133. The van der Waals surface area contributed by atoms with Gasteiger partial charge in [0.2, 0.25) is 0 Å². The van der Waals surface area contributed by atoms with E-state index in [1.165, 1.54) is 31.2 Å². The summed E-state index contributed by atoms with van der Waals surface area (Å²) in [6.07, 6.45) is 6.09. The summed E-state index contributed by atoms with van der Waals surface area (Å²) in [5.41, 5.74) is 1.25. The molecule has 3 rings (SSSR count). The molecule has 0 amide bonds. The standard InChI is InChI=1S/C15H19BrO/c16-13-5-2-10(3-6-13)9-15(17)14-8-11-1-4-12(14)7-11/h2-3,5-6,11-12,14-15,17H,1,4,7-9H2. The molecule has 1 nitrogen and oxygen atoms in total. The number of aliphatic hydroxyl groups is 1. The van der Waals surface area contributed by atoms with Crippen LogP contribution in [0, 0.1) is 17.8 Å². The van der Waals surface area contributed by atoms with Gasteiger partial charge in [0.25, 0.3) is 0 Å². The molecule has 2 heteroatoms. The predicted molar refractivity (Wildman–Crippen MR) is 72.8 cm³/mol. The molecule has 4 unspecified atom stereocenters. The lowest BCUT2D eigenvalue weighted by molar-refractivity contribution is 0.0751. The van der Waals surface area contributed by atoms with E-state index in [2.05, 4.69) is 40.2 Å². The van der Waals surface area contributed by atoms with Crippen LogP contribution < -0.4 is 0 Å². The van der Waals surface area contributed by atoms with E-state index in [4.69, 9.17) is 0 Å². The molecule has 2 saturated carbocycles. The van der Waals surface area contributed by atoms with E-state index in [1.54, 1.807) is 0 Å². The van der Waals surface area contributed by atoms with E-state index in [0.29, 0.717) is 5.92 Å². The smallest absolute Gasteiger partial charge is 0.0611 e. The van der Waals surface area contributed by atoms with Gasteiger partial charge in [-0.1, -0.05) is 34.5 Å². The maximum absolute atomic E-state index is 10.4. The lowest BCUT2D eigenvalue weighted by Crippen LogP contribution is -2.27. The van der Waals surface area contributed by atoms with Crippen molar-refractivity contribution in [3.63, 3.8) is 0 Å². The van der Waals surface area contributed by atoms with Crippen molar-refractivity contribution < 1.29 is 5.11 Å². The molecule has 17 heavy (non-hydrogen) atoms. The number of benzene rings is 1. The fraction of sp³-hybridized carbons (Fsp3) is 0.600. The maximum Gasteiger partial charge on any atom is 0.0611 e. The van der Waals surface area contributed by atoms with Gasteiger partial charge in [0, 0.05) is 4.47 Å². The summed E-state index contributed by atoms with van der Waals surface area (Å²) >= 11 is 3.44. The summed E-state index contributed by atoms with van der Waals surface area (Å²) in [4.78, 5) is 0. The molecular formula is C15H19BrO. The zero-order valence-corrected chi connectivity index (χ0v) is 11.6. The molecule has 0 heterocycles. The van der Waals surface area contributed by atoms with Crippen LogP contribution >= 0.6 is 15.9 Å². The average molecular weight is 295 g/mol. The summed E-state index contributed by atoms with van der Waals surface area (Å²) in [5, 5.41) is 10.4. The molecule has 0 radical (unpaired) electrons. The van der Waals surface area contributed by atoms with Gasteiger partial charge in [0.05, 0.1) is 6.10 Å². The van der Waals surface area contributed by atoms with Crippen LogP contribution in [0.25, 0.3) is 0 Å². The van der Waals surface area contributed by atoms with Crippen LogP contribution in [0.2, 0.25) is 0 Å². The Morgan fingerprint density at radius 2 is 1.94 bits per heavy atom. The molecule has 0 aliphatic heterocycles. The number of rotatable bonds is 3. The topological polar surface area (TPSA) is 20.2 Å². The second-order valence-electron chi connectivity index (χ2n) is 5.74. The molecule has 4 atom stereocenters. The predicted octanol–water partition coefficient (Wildman–Crippen LogP) is 3.79. The molecular weight excluding hydrogens is 276 g/mol. The zero-order chi connectivity index (χ0) is 11.8. The summed E-state index contributed by atoms with van der Waals surface area (Å²) in [5.74, 6) is 2.30. The Labute approximate surface area is 111 Å². The number of aliphatic hydroxyl groups excluding tert-OH is 1. The summed E-state index contributed by atoms with van der Waals surface area (Å²) in [6.45, 7) is 0. The van der Waals surface area contributed by atoms with Gasteiger partial charge in [-0.3, -0.25) is 0 Å². The van der Waals surface area contributed by atoms with Crippen molar-refractivity contribution in [3.05, 3.63) is 34.3 Å². The minimum atomic E-state index is -0.133. The Morgan fingerprint density at radius 1 is 1.18 bits per heavy atom. The van der Waals surface area contributed by atoms with Crippen molar-refractivity contribution in [2.24, 2.45) is 17.8 Å². The van der Waals surface area contributed by atoms with Crippen molar-refractivity contribution in [1.82, 2.24) is 0 Å². The number of fused-ring (bicyclic) bond motifs is 2. The van der Waals surface area contributed by atoms with Gasteiger partial charge in [-0.05, 0) is 61.1 Å². The van der Waals surface area contributed by atoms with Gasteiger partial charge in [0.1, 0.15) is 0 Å². The van der Waals surface area contributed by atoms with Crippen LogP contribution in [-0.2, 0) is 6.42 Å². The highest BCUT2D eigenvalue weighted by atomic mass is 79.9. The molecule has 0 spiro atoms. The Morgan fingerprint density at radius 3 is 2.53 bits per heavy atom. The molecule has 2 fully saturated rings. The van der Waals surface area contributed by atoms with E-state index >= 15 is 0 Å². The summed E-state index contributed by atoms with van der Waals surface area (Å²) < 4.78 is 1.11. The SMILES string of the molecule is OC(Cc1ccc(Br)cc1)C1CC2CCC1C2. The molecule has 1 aromatic carbocycles. The van der Waals surface area contributed by atoms with Crippen molar-refractivity contribution >= 4 is 15.9 Å². The molecule has 2 bridgehead atoms. The van der Waals surface area contributed by atoms with Gasteiger partial charge in [-0.2, -0.15) is 0 Å². The van der Waals surface area contributed by atoms with E-state index in [9.17, 15) is 5.11 Å². The number of hydrogen-bond acceptors (Lipinski definition) is 1. The van der Waals surface area contributed by atoms with Gasteiger partial charge in [-0.25, -0.2) is 0 Å². The van der Waals surface area contributed by atoms with Crippen LogP contribution in [0.1, 0.15) is 31.2 Å². The Kier molecular flexibility index (Phi) is 3.27. The van der Waals surface area contributed by atoms with Crippen molar-refractivity contribution in [2.45, 2.75) is 38.2 Å². The first kappa shape index (κ1) is 11.7. The normalized spacial score (nSPS) is 32.9. The first-order chi connectivity index (χ1) is 8.22. The minimum Gasteiger partial charge on any atom is -0.392 e. The zero-order valence-electron chi connectivity index (χ0n) is 9.98. The van der Waals surface area contributed by atoms with E-state index in [-0.39, 0.29) is 6.10 Å². The second-order valence-corrected chi connectivity index (χ2v) is 6.65. The fourth-order valence-electron chi connectivity index (χ4n) is 3.78.